The van der Waals surface area contributed by atoms with E-state index in [0.717, 1.165) is 0 Å². The average Bonchev–Trinajstić information content (AvgIpc) is 3.19. The second-order valence-corrected chi connectivity index (χ2v) is 8.27. The molecule has 2 aliphatic heterocycles. The van der Waals surface area contributed by atoms with Crippen LogP contribution in [0.15, 0.2) is 0 Å². The van der Waals surface area contributed by atoms with Gasteiger partial charge in [0.2, 0.25) is 0 Å². The van der Waals surface area contributed by atoms with Crippen LogP contribution in [0.25, 0.3) is 0 Å². The molecule has 6 nitrogen and oxygen atoms in total. The Balaban J connectivity index is 1.98. The number of ketones is 1. The van der Waals surface area contributed by atoms with E-state index in [2.05, 4.69) is 0 Å². The highest BCUT2D eigenvalue weighted by molar-refractivity contribution is 5.92. The van der Waals surface area contributed by atoms with Crippen molar-refractivity contribution in [2.75, 3.05) is 0 Å². The van der Waals surface area contributed by atoms with Gasteiger partial charge < -0.3 is 19.7 Å². The number of carbonyl (C=O) groups excluding carboxylic acids is 2. The molecule has 0 radical (unpaired) electrons. The molecule has 0 aromatic rings. The summed E-state index contributed by atoms with van der Waals surface area (Å²) < 4.78 is 11.1. The van der Waals surface area contributed by atoms with Crippen molar-refractivity contribution in [1.29, 1.82) is 0 Å². The molecule has 144 valence electrons. The number of aliphatic hydroxyl groups excluding tert-OH is 2. The van der Waals surface area contributed by atoms with Gasteiger partial charge in [0.05, 0.1) is 30.7 Å². The third-order valence-electron chi connectivity index (χ3n) is 5.85. The maximum Gasteiger partial charge on any atom is 0.308 e. The molecule has 0 unspecified atom stereocenters. The molecular weight excluding hydrogens is 324 g/mol. The van der Waals surface area contributed by atoms with E-state index >= 15 is 0 Å². The van der Waals surface area contributed by atoms with Gasteiger partial charge in [0.15, 0.2) is 11.4 Å². The summed E-state index contributed by atoms with van der Waals surface area (Å²) in [6, 6.07) is 0. The molecule has 2 aliphatic rings. The predicted molar refractivity (Wildman–Crippen MR) is 91.8 cm³/mol. The number of epoxide rings is 1. The summed E-state index contributed by atoms with van der Waals surface area (Å²) in [7, 11) is 0. The van der Waals surface area contributed by atoms with E-state index in [4.69, 9.17) is 9.47 Å². The van der Waals surface area contributed by atoms with Gasteiger partial charge in [0, 0.05) is 6.42 Å². The van der Waals surface area contributed by atoms with Crippen molar-refractivity contribution in [3.8, 4) is 0 Å². The van der Waals surface area contributed by atoms with Crippen LogP contribution < -0.4 is 0 Å². The molecular formula is C19H32O6. The fourth-order valence-corrected chi connectivity index (χ4v) is 3.48. The molecule has 0 spiro atoms. The van der Waals surface area contributed by atoms with E-state index in [9.17, 15) is 19.8 Å². The molecule has 2 N–H and O–H groups in total. The zero-order valence-electron chi connectivity index (χ0n) is 15.9. The van der Waals surface area contributed by atoms with Gasteiger partial charge in [-0.15, -0.1) is 0 Å². The highest BCUT2D eigenvalue weighted by Gasteiger charge is 2.60. The van der Waals surface area contributed by atoms with Crippen LogP contribution in [0.3, 0.4) is 0 Å². The van der Waals surface area contributed by atoms with E-state index in [1.54, 1.807) is 13.8 Å². The fraction of sp³-hybridized carbons (Fsp3) is 0.895. The van der Waals surface area contributed by atoms with Crippen molar-refractivity contribution in [2.45, 2.75) is 90.3 Å². The molecule has 25 heavy (non-hydrogen) atoms. The molecule has 2 fully saturated rings. The lowest BCUT2D eigenvalue weighted by molar-refractivity contribution is -0.159. The van der Waals surface area contributed by atoms with Gasteiger partial charge in [0.25, 0.3) is 0 Å². The van der Waals surface area contributed by atoms with E-state index in [1.807, 2.05) is 20.8 Å². The summed E-state index contributed by atoms with van der Waals surface area (Å²) >= 11 is 0. The number of ether oxygens (including phenoxy) is 2. The standard InChI is InChI=1S/C19H32O6/c1-10(2)13(20)8-16-19(5,25-16)18(23)12(4)15-7-6-11(3)14(21)9-17(22)24-15/h10-16,20-21H,6-9H2,1-5H3/t11-,12-,13-,14+,15-,16-,19-/m0/s1. The largest absolute Gasteiger partial charge is 0.462 e. The van der Waals surface area contributed by atoms with Gasteiger partial charge in [-0.05, 0) is 31.6 Å². The third kappa shape index (κ3) is 4.60. The van der Waals surface area contributed by atoms with Crippen molar-refractivity contribution in [3.05, 3.63) is 0 Å². The molecule has 0 aliphatic carbocycles. The number of cyclic esters (lactones) is 1. The van der Waals surface area contributed by atoms with Crippen molar-refractivity contribution in [2.24, 2.45) is 17.8 Å². The first-order valence-electron chi connectivity index (χ1n) is 9.34. The third-order valence-corrected chi connectivity index (χ3v) is 5.85. The van der Waals surface area contributed by atoms with E-state index < -0.39 is 35.8 Å². The number of hydrogen-bond acceptors (Lipinski definition) is 6. The monoisotopic (exact) mass is 356 g/mol. The first-order valence-corrected chi connectivity index (χ1v) is 9.34. The highest BCUT2D eigenvalue weighted by atomic mass is 16.6. The summed E-state index contributed by atoms with van der Waals surface area (Å²) in [5, 5.41) is 19.9. The fourth-order valence-electron chi connectivity index (χ4n) is 3.48. The zero-order chi connectivity index (χ0) is 18.9. The minimum absolute atomic E-state index is 0.000601. The lowest BCUT2D eigenvalue weighted by Crippen LogP contribution is -2.41. The quantitative estimate of drug-likeness (QED) is 0.557. The lowest BCUT2D eigenvalue weighted by atomic mass is 9.83. The summed E-state index contributed by atoms with van der Waals surface area (Å²) in [5.74, 6) is -0.908. The van der Waals surface area contributed by atoms with Gasteiger partial charge in [-0.25, -0.2) is 0 Å². The van der Waals surface area contributed by atoms with E-state index in [1.165, 1.54) is 0 Å². The Morgan fingerprint density at radius 3 is 2.56 bits per heavy atom. The summed E-state index contributed by atoms with van der Waals surface area (Å²) in [5.41, 5.74) is -0.908. The number of hydrogen-bond donors (Lipinski definition) is 2. The summed E-state index contributed by atoms with van der Waals surface area (Å²) in [4.78, 5) is 24.8. The van der Waals surface area contributed by atoms with Crippen molar-refractivity contribution in [1.82, 2.24) is 0 Å². The van der Waals surface area contributed by atoms with Gasteiger partial charge in [-0.3, -0.25) is 9.59 Å². The van der Waals surface area contributed by atoms with Crippen molar-refractivity contribution >= 4 is 11.8 Å². The highest BCUT2D eigenvalue weighted by Crippen LogP contribution is 2.43. The smallest absolute Gasteiger partial charge is 0.308 e. The molecule has 2 heterocycles. The molecule has 6 heteroatoms. The zero-order valence-corrected chi connectivity index (χ0v) is 15.9. The van der Waals surface area contributed by atoms with Crippen LogP contribution in [-0.4, -0.2) is 52.0 Å². The van der Waals surface area contributed by atoms with E-state index in [0.29, 0.717) is 19.3 Å². The molecule has 0 aromatic carbocycles. The Hall–Kier alpha value is -0.980. The first-order chi connectivity index (χ1) is 11.6. The normalized spacial score (nSPS) is 38.5. The predicted octanol–water partition coefficient (Wildman–Crippen LogP) is 1.85. The minimum Gasteiger partial charge on any atom is -0.462 e. The Labute approximate surface area is 149 Å². The average molecular weight is 356 g/mol. The number of esters is 1. The number of rotatable bonds is 6. The van der Waals surface area contributed by atoms with Crippen LogP contribution in [0.2, 0.25) is 0 Å². The summed E-state index contributed by atoms with van der Waals surface area (Å²) in [6.45, 7) is 9.28. The number of carbonyl (C=O) groups is 2. The Bertz CT molecular complexity index is 504. The Morgan fingerprint density at radius 1 is 1.32 bits per heavy atom. The lowest BCUT2D eigenvalue weighted by Gasteiger charge is -2.30. The number of aliphatic hydroxyl groups is 2. The van der Waals surface area contributed by atoms with E-state index in [-0.39, 0.29) is 30.1 Å². The van der Waals surface area contributed by atoms with Crippen LogP contribution in [0.4, 0.5) is 0 Å². The maximum absolute atomic E-state index is 12.9. The number of Topliss-reactive ketones (excluding diaryl/α,β-unsaturated/α-hetero) is 1. The molecule has 0 saturated carbocycles. The topological polar surface area (TPSA) is 96.4 Å². The second-order valence-electron chi connectivity index (χ2n) is 8.27. The van der Waals surface area contributed by atoms with Crippen molar-refractivity contribution < 1.29 is 29.3 Å². The van der Waals surface area contributed by atoms with Crippen LogP contribution in [-0.2, 0) is 19.1 Å². The summed E-state index contributed by atoms with van der Waals surface area (Å²) in [6.07, 6.45) is -0.329. The second kappa shape index (κ2) is 7.72. The van der Waals surface area contributed by atoms with Crippen molar-refractivity contribution in [3.63, 3.8) is 0 Å². The maximum atomic E-state index is 12.9. The Morgan fingerprint density at radius 2 is 1.96 bits per heavy atom. The van der Waals surface area contributed by atoms with Crippen LogP contribution in [0.5, 0.6) is 0 Å². The minimum atomic E-state index is -0.908. The molecule has 0 bridgehead atoms. The molecule has 0 amide bonds. The first kappa shape index (κ1) is 20.3. The van der Waals surface area contributed by atoms with Crippen LogP contribution >= 0.6 is 0 Å². The SMILES string of the molecule is CC(C)[C@@H](O)C[C@@H]1O[C@]1(C)C(=O)[C@@H](C)[C@@H]1CC[C@H](C)[C@H](O)CC(=O)O1. The Kier molecular flexibility index (Phi) is 6.28. The van der Waals surface area contributed by atoms with Gasteiger partial charge in [-0.1, -0.05) is 27.7 Å². The van der Waals surface area contributed by atoms with Gasteiger partial charge in [0.1, 0.15) is 6.10 Å². The molecule has 0 aromatic heterocycles. The van der Waals surface area contributed by atoms with Crippen LogP contribution in [0, 0.1) is 17.8 Å². The molecule has 2 saturated heterocycles. The van der Waals surface area contributed by atoms with Crippen LogP contribution in [0.1, 0.15) is 60.3 Å². The molecule has 2 rings (SSSR count). The van der Waals surface area contributed by atoms with Gasteiger partial charge >= 0.3 is 5.97 Å². The molecule has 7 atom stereocenters. The van der Waals surface area contributed by atoms with Gasteiger partial charge in [-0.2, -0.15) is 0 Å².